The van der Waals surface area contributed by atoms with Crippen molar-refractivity contribution in [2.24, 2.45) is 0 Å². The van der Waals surface area contributed by atoms with Crippen molar-refractivity contribution in [2.45, 2.75) is 13.8 Å². The van der Waals surface area contributed by atoms with Gasteiger partial charge in [0.1, 0.15) is 0 Å². The van der Waals surface area contributed by atoms with Gasteiger partial charge in [0.15, 0.2) is 0 Å². The summed E-state index contributed by atoms with van der Waals surface area (Å²) in [7, 11) is 0. The zero-order valence-corrected chi connectivity index (χ0v) is 21.0. The highest BCUT2D eigenvalue weighted by molar-refractivity contribution is 5.96. The lowest BCUT2D eigenvalue weighted by Crippen LogP contribution is -1.98. The molecule has 5 aromatic carbocycles. The average molecular weight is 463 g/mol. The molecule has 5 rings (SSSR count). The van der Waals surface area contributed by atoms with Crippen molar-refractivity contribution in [3.63, 3.8) is 0 Å². The predicted molar refractivity (Wildman–Crippen MR) is 156 cm³/mol. The van der Waals surface area contributed by atoms with Gasteiger partial charge in [-0.2, -0.15) is 0 Å². The zero-order valence-electron chi connectivity index (χ0n) is 21.0. The third-order valence-electron chi connectivity index (χ3n) is 6.78. The van der Waals surface area contributed by atoms with Gasteiger partial charge in [0.05, 0.1) is 0 Å². The number of hydrogen-bond acceptors (Lipinski definition) is 0. The Bertz CT molecular complexity index is 1400. The summed E-state index contributed by atoms with van der Waals surface area (Å²) in [5.74, 6) is 0. The predicted octanol–water partition coefficient (Wildman–Crippen LogP) is 9.76. The number of hydrogen-bond donors (Lipinski definition) is 0. The van der Waals surface area contributed by atoms with Gasteiger partial charge in [-0.1, -0.05) is 133 Å². The molecule has 36 heavy (non-hydrogen) atoms. The Morgan fingerprint density at radius 2 is 0.778 bits per heavy atom. The maximum atomic E-state index is 4.56. The van der Waals surface area contributed by atoms with Crippen LogP contribution < -0.4 is 0 Å². The molecular weight excluding hydrogens is 432 g/mol. The summed E-state index contributed by atoms with van der Waals surface area (Å²) >= 11 is 0. The van der Waals surface area contributed by atoms with E-state index >= 15 is 0 Å². The summed E-state index contributed by atoms with van der Waals surface area (Å²) in [6, 6.07) is 43.0. The molecule has 0 radical (unpaired) electrons. The molecule has 5 aromatic rings. The number of aryl methyl sites for hydroxylation is 2. The summed E-state index contributed by atoms with van der Waals surface area (Å²) in [4.78, 5) is 0. The first-order chi connectivity index (χ1) is 17.5. The third-order valence-corrected chi connectivity index (χ3v) is 6.78. The van der Waals surface area contributed by atoms with Gasteiger partial charge in [-0.05, 0) is 81.6 Å². The van der Waals surface area contributed by atoms with E-state index in [-0.39, 0.29) is 0 Å². The third kappa shape index (κ3) is 4.72. The van der Waals surface area contributed by atoms with Crippen molar-refractivity contribution in [3.05, 3.63) is 168 Å². The van der Waals surface area contributed by atoms with Gasteiger partial charge in [-0.25, -0.2) is 0 Å². The SMILES string of the molecule is C=C(c1ccccc1)c1cc(-c2ccc(C)cc2)c(C(=C)c2ccccc2)cc1-c1ccc(C)cc1. The topological polar surface area (TPSA) is 0 Å². The lowest BCUT2D eigenvalue weighted by Gasteiger charge is -2.21. The summed E-state index contributed by atoms with van der Waals surface area (Å²) < 4.78 is 0. The zero-order chi connectivity index (χ0) is 25.1. The number of benzene rings is 5. The first-order valence-corrected chi connectivity index (χ1v) is 12.3. The van der Waals surface area contributed by atoms with Crippen LogP contribution in [0.1, 0.15) is 33.4 Å². The molecule has 0 bridgehead atoms. The second-order valence-corrected chi connectivity index (χ2v) is 9.36. The molecule has 0 aromatic heterocycles. The minimum Gasteiger partial charge on any atom is -0.0905 e. The maximum absolute atomic E-state index is 4.56. The van der Waals surface area contributed by atoms with E-state index in [1.54, 1.807) is 0 Å². The molecule has 0 N–H and O–H groups in total. The molecule has 0 aliphatic carbocycles. The molecule has 0 amide bonds. The molecule has 0 fully saturated rings. The molecule has 0 aliphatic rings. The van der Waals surface area contributed by atoms with Crippen LogP contribution in [0.15, 0.2) is 134 Å². The van der Waals surface area contributed by atoms with E-state index in [9.17, 15) is 0 Å². The Labute approximate surface area is 214 Å². The van der Waals surface area contributed by atoms with E-state index in [0.29, 0.717) is 0 Å². The Kier molecular flexibility index (Phi) is 6.52. The van der Waals surface area contributed by atoms with E-state index in [2.05, 4.69) is 136 Å². The monoisotopic (exact) mass is 462 g/mol. The molecule has 0 spiro atoms. The van der Waals surface area contributed by atoms with Gasteiger partial charge in [0.25, 0.3) is 0 Å². The van der Waals surface area contributed by atoms with Crippen molar-refractivity contribution in [2.75, 3.05) is 0 Å². The van der Waals surface area contributed by atoms with Crippen molar-refractivity contribution < 1.29 is 0 Å². The Morgan fingerprint density at radius 1 is 0.444 bits per heavy atom. The maximum Gasteiger partial charge on any atom is -0.00987 e. The summed E-state index contributed by atoms with van der Waals surface area (Å²) in [6.45, 7) is 13.4. The quantitative estimate of drug-likeness (QED) is 0.235. The second-order valence-electron chi connectivity index (χ2n) is 9.36. The normalized spacial score (nSPS) is 10.7. The smallest absolute Gasteiger partial charge is 0.00987 e. The fourth-order valence-electron chi connectivity index (χ4n) is 4.63. The van der Waals surface area contributed by atoms with Gasteiger partial charge >= 0.3 is 0 Å². The minimum atomic E-state index is 1.01. The minimum absolute atomic E-state index is 1.01. The van der Waals surface area contributed by atoms with Gasteiger partial charge < -0.3 is 0 Å². The highest BCUT2D eigenvalue weighted by Gasteiger charge is 2.18. The van der Waals surface area contributed by atoms with Crippen LogP contribution in [0.2, 0.25) is 0 Å². The Morgan fingerprint density at radius 3 is 1.11 bits per heavy atom. The van der Waals surface area contributed by atoms with Crippen LogP contribution in [0.5, 0.6) is 0 Å². The molecule has 0 heterocycles. The molecule has 174 valence electrons. The Hall–Kier alpha value is -4.42. The fourth-order valence-corrected chi connectivity index (χ4v) is 4.63. The van der Waals surface area contributed by atoms with Crippen molar-refractivity contribution in [1.29, 1.82) is 0 Å². The standard InChI is InChI=1S/C36H30/c1-25-15-19-31(20-16-25)35-23-34(28(4)30-13-9-6-10-14-30)36(32-21-17-26(2)18-22-32)24-33(35)27(3)29-11-7-5-8-12-29/h5-24H,3-4H2,1-2H3. The summed E-state index contributed by atoms with van der Waals surface area (Å²) in [5.41, 5.74) is 13.7. The Balaban J connectivity index is 1.80. The first-order valence-electron chi connectivity index (χ1n) is 12.3. The lowest BCUT2D eigenvalue weighted by atomic mass is 9.83. The van der Waals surface area contributed by atoms with Crippen molar-refractivity contribution >= 4 is 11.1 Å². The average Bonchev–Trinajstić information content (AvgIpc) is 2.93. The summed E-state index contributed by atoms with van der Waals surface area (Å²) in [6.07, 6.45) is 0. The molecule has 0 saturated carbocycles. The van der Waals surface area contributed by atoms with Crippen LogP contribution in [0.4, 0.5) is 0 Å². The van der Waals surface area contributed by atoms with Gasteiger partial charge in [0, 0.05) is 0 Å². The van der Waals surface area contributed by atoms with Gasteiger partial charge in [-0.15, -0.1) is 0 Å². The van der Waals surface area contributed by atoms with Gasteiger partial charge in [0.2, 0.25) is 0 Å². The molecule has 0 atom stereocenters. The summed E-state index contributed by atoms with van der Waals surface area (Å²) in [5, 5.41) is 0. The first kappa shape index (κ1) is 23.3. The van der Waals surface area contributed by atoms with E-state index in [4.69, 9.17) is 0 Å². The molecule has 0 nitrogen and oxygen atoms in total. The van der Waals surface area contributed by atoms with Gasteiger partial charge in [-0.3, -0.25) is 0 Å². The van der Waals surface area contributed by atoms with E-state index in [0.717, 1.165) is 44.5 Å². The van der Waals surface area contributed by atoms with Crippen LogP contribution in [0.3, 0.4) is 0 Å². The molecule has 0 saturated heterocycles. The van der Waals surface area contributed by atoms with Crippen LogP contribution in [0, 0.1) is 13.8 Å². The molecule has 0 heteroatoms. The van der Waals surface area contributed by atoms with E-state index in [1.807, 2.05) is 12.1 Å². The van der Waals surface area contributed by atoms with Crippen LogP contribution in [-0.4, -0.2) is 0 Å². The lowest BCUT2D eigenvalue weighted by molar-refractivity contribution is 1.44. The van der Waals surface area contributed by atoms with Crippen LogP contribution >= 0.6 is 0 Å². The van der Waals surface area contributed by atoms with Crippen LogP contribution in [0.25, 0.3) is 33.4 Å². The highest BCUT2D eigenvalue weighted by atomic mass is 14.2. The molecule has 0 aliphatic heterocycles. The number of rotatable bonds is 6. The second kappa shape index (κ2) is 10.1. The fraction of sp³-hybridized carbons (Fsp3) is 0.0556. The van der Waals surface area contributed by atoms with Crippen LogP contribution in [-0.2, 0) is 0 Å². The molecule has 0 unspecified atom stereocenters. The van der Waals surface area contributed by atoms with Crippen molar-refractivity contribution in [1.82, 2.24) is 0 Å². The highest BCUT2D eigenvalue weighted by Crippen LogP contribution is 2.41. The van der Waals surface area contributed by atoms with E-state index in [1.165, 1.54) is 22.3 Å². The largest absolute Gasteiger partial charge is 0.0905 e. The molecular formula is C36H30. The van der Waals surface area contributed by atoms with Crippen molar-refractivity contribution in [3.8, 4) is 22.3 Å². The van der Waals surface area contributed by atoms with E-state index < -0.39 is 0 Å².